The third-order valence-corrected chi connectivity index (χ3v) is 3.36. The fourth-order valence-electron chi connectivity index (χ4n) is 1.99. The Kier molecular flexibility index (Phi) is 4.11. The van der Waals surface area contributed by atoms with E-state index in [2.05, 4.69) is 13.8 Å². The van der Waals surface area contributed by atoms with E-state index in [1.807, 2.05) is 48.5 Å². The molecule has 0 atom stereocenters. The van der Waals surface area contributed by atoms with Gasteiger partial charge in [0.15, 0.2) is 0 Å². The fourth-order valence-corrected chi connectivity index (χ4v) is 2.35. The minimum absolute atomic E-state index is 0.742. The molecule has 2 aromatic carbocycles. The van der Waals surface area contributed by atoms with Gasteiger partial charge in [-0.25, -0.2) is 0 Å². The Hall–Kier alpha value is -1.24. The number of hydrogen-bond acceptors (Lipinski definition) is 0. The Morgan fingerprint density at radius 1 is 0.833 bits per heavy atom. The van der Waals surface area contributed by atoms with Gasteiger partial charge in [-0.3, -0.25) is 0 Å². The van der Waals surface area contributed by atoms with Gasteiger partial charge in [-0.2, -0.15) is 0 Å². The van der Waals surface area contributed by atoms with E-state index >= 15 is 0 Å². The zero-order chi connectivity index (χ0) is 13.1. The lowest BCUT2D eigenvalue weighted by atomic mass is 9.94. The summed E-state index contributed by atoms with van der Waals surface area (Å²) in [5.74, 6) is 0. The van der Waals surface area contributed by atoms with Gasteiger partial charge in [0.2, 0.25) is 0 Å². The second-order valence-corrected chi connectivity index (χ2v) is 5.21. The van der Waals surface area contributed by atoms with Crippen molar-refractivity contribution in [2.45, 2.75) is 13.8 Å². The maximum Gasteiger partial charge on any atom is 0.0484 e. The predicted octanol–water partition coefficient (Wildman–Crippen LogP) is 5.84. The van der Waals surface area contributed by atoms with Gasteiger partial charge >= 0.3 is 0 Å². The Labute approximate surface area is 118 Å². The normalized spacial score (nSPS) is 10.2. The molecular formula is C16H14Cl2. The highest BCUT2D eigenvalue weighted by molar-refractivity contribution is 6.32. The van der Waals surface area contributed by atoms with Gasteiger partial charge in [0, 0.05) is 15.6 Å². The van der Waals surface area contributed by atoms with Gasteiger partial charge in [0.25, 0.3) is 0 Å². The number of halogens is 2. The van der Waals surface area contributed by atoms with Crippen molar-refractivity contribution in [1.82, 2.24) is 0 Å². The zero-order valence-corrected chi connectivity index (χ0v) is 11.9. The number of hydrogen-bond donors (Lipinski definition) is 0. The van der Waals surface area contributed by atoms with E-state index in [0.717, 1.165) is 26.7 Å². The van der Waals surface area contributed by atoms with Crippen LogP contribution in [0.2, 0.25) is 10.0 Å². The first-order chi connectivity index (χ1) is 8.59. The molecule has 0 fully saturated rings. The number of benzene rings is 2. The summed E-state index contributed by atoms with van der Waals surface area (Å²) in [4.78, 5) is 0. The Morgan fingerprint density at radius 2 is 1.44 bits per heavy atom. The van der Waals surface area contributed by atoms with Gasteiger partial charge in [-0.15, -0.1) is 0 Å². The molecule has 0 N–H and O–H groups in total. The molecular weight excluding hydrogens is 263 g/mol. The van der Waals surface area contributed by atoms with Crippen molar-refractivity contribution in [2.75, 3.05) is 0 Å². The van der Waals surface area contributed by atoms with Crippen LogP contribution in [0.15, 0.2) is 54.1 Å². The van der Waals surface area contributed by atoms with E-state index < -0.39 is 0 Å². The van der Waals surface area contributed by atoms with E-state index in [0.29, 0.717) is 0 Å². The van der Waals surface area contributed by atoms with Crippen LogP contribution >= 0.6 is 23.2 Å². The first-order valence-electron chi connectivity index (χ1n) is 5.78. The van der Waals surface area contributed by atoms with Crippen LogP contribution in [0.5, 0.6) is 0 Å². The van der Waals surface area contributed by atoms with Crippen molar-refractivity contribution >= 4 is 28.8 Å². The second kappa shape index (κ2) is 5.60. The van der Waals surface area contributed by atoms with Crippen molar-refractivity contribution in [3.63, 3.8) is 0 Å². The smallest absolute Gasteiger partial charge is 0.0484 e. The molecule has 0 heterocycles. The Balaban J connectivity index is 2.59. The standard InChI is InChI=1S/C16H14Cl2/c1-11(2)16(12-7-9-13(17)10-8-12)14-5-3-4-6-15(14)18/h3-10H,1-2H3. The van der Waals surface area contributed by atoms with Gasteiger partial charge in [-0.05, 0) is 43.2 Å². The van der Waals surface area contributed by atoms with Crippen LogP contribution in [-0.4, -0.2) is 0 Å². The minimum atomic E-state index is 0.742. The molecule has 0 bridgehead atoms. The van der Waals surface area contributed by atoms with Crippen molar-refractivity contribution in [3.05, 3.63) is 75.3 Å². The summed E-state index contributed by atoms with van der Waals surface area (Å²) in [6.45, 7) is 4.18. The fraction of sp³-hybridized carbons (Fsp3) is 0.125. The van der Waals surface area contributed by atoms with Gasteiger partial charge in [0.1, 0.15) is 0 Å². The largest absolute Gasteiger partial charge is 0.0843 e. The summed E-state index contributed by atoms with van der Waals surface area (Å²) < 4.78 is 0. The third kappa shape index (κ3) is 2.77. The number of rotatable bonds is 2. The van der Waals surface area contributed by atoms with Crippen LogP contribution in [0.25, 0.3) is 5.57 Å². The first-order valence-corrected chi connectivity index (χ1v) is 6.53. The highest BCUT2D eigenvalue weighted by Crippen LogP contribution is 2.32. The summed E-state index contributed by atoms with van der Waals surface area (Å²) in [5, 5.41) is 1.51. The zero-order valence-electron chi connectivity index (χ0n) is 10.4. The molecule has 0 saturated carbocycles. The van der Waals surface area contributed by atoms with Crippen LogP contribution in [0.4, 0.5) is 0 Å². The van der Waals surface area contributed by atoms with E-state index in [-0.39, 0.29) is 0 Å². The average molecular weight is 277 g/mol. The molecule has 2 aromatic rings. The predicted molar refractivity (Wildman–Crippen MR) is 80.3 cm³/mol. The molecule has 0 amide bonds. The molecule has 2 rings (SSSR count). The van der Waals surface area contributed by atoms with Crippen LogP contribution in [0.3, 0.4) is 0 Å². The average Bonchev–Trinajstić information content (AvgIpc) is 2.34. The molecule has 0 radical (unpaired) electrons. The second-order valence-electron chi connectivity index (χ2n) is 4.36. The molecule has 0 spiro atoms. The van der Waals surface area contributed by atoms with Crippen LogP contribution in [0.1, 0.15) is 25.0 Å². The van der Waals surface area contributed by atoms with E-state index in [4.69, 9.17) is 23.2 Å². The maximum atomic E-state index is 6.28. The lowest BCUT2D eigenvalue weighted by Gasteiger charge is -2.12. The highest BCUT2D eigenvalue weighted by Gasteiger charge is 2.10. The summed E-state index contributed by atoms with van der Waals surface area (Å²) in [7, 11) is 0. The molecule has 0 saturated heterocycles. The van der Waals surface area contributed by atoms with Crippen molar-refractivity contribution in [3.8, 4) is 0 Å². The molecule has 18 heavy (non-hydrogen) atoms. The molecule has 0 nitrogen and oxygen atoms in total. The molecule has 0 aliphatic heterocycles. The van der Waals surface area contributed by atoms with E-state index in [1.54, 1.807) is 0 Å². The van der Waals surface area contributed by atoms with Crippen LogP contribution in [0, 0.1) is 0 Å². The monoisotopic (exact) mass is 276 g/mol. The lowest BCUT2D eigenvalue weighted by molar-refractivity contribution is 1.37. The molecule has 0 aliphatic rings. The summed E-state index contributed by atoms with van der Waals surface area (Å²) >= 11 is 12.2. The van der Waals surface area contributed by atoms with Crippen molar-refractivity contribution in [2.24, 2.45) is 0 Å². The number of allylic oxidation sites excluding steroid dienone is 1. The van der Waals surface area contributed by atoms with E-state index in [1.165, 1.54) is 5.57 Å². The summed E-state index contributed by atoms with van der Waals surface area (Å²) in [5.41, 5.74) is 4.58. The first kappa shape index (κ1) is 13.2. The topological polar surface area (TPSA) is 0 Å². The summed E-state index contributed by atoms with van der Waals surface area (Å²) in [6, 6.07) is 15.7. The quantitative estimate of drug-likeness (QED) is 0.647. The Morgan fingerprint density at radius 3 is 2.00 bits per heavy atom. The van der Waals surface area contributed by atoms with Crippen LogP contribution < -0.4 is 0 Å². The molecule has 0 aromatic heterocycles. The molecule has 0 unspecified atom stereocenters. The van der Waals surface area contributed by atoms with Gasteiger partial charge < -0.3 is 0 Å². The van der Waals surface area contributed by atoms with Crippen LogP contribution in [-0.2, 0) is 0 Å². The maximum absolute atomic E-state index is 6.28. The summed E-state index contributed by atoms with van der Waals surface area (Å²) in [6.07, 6.45) is 0. The Bertz CT molecular complexity index is 576. The van der Waals surface area contributed by atoms with Crippen molar-refractivity contribution in [1.29, 1.82) is 0 Å². The van der Waals surface area contributed by atoms with Gasteiger partial charge in [0.05, 0.1) is 0 Å². The molecule has 92 valence electrons. The lowest BCUT2D eigenvalue weighted by Crippen LogP contribution is -1.91. The molecule has 2 heteroatoms. The minimum Gasteiger partial charge on any atom is -0.0843 e. The van der Waals surface area contributed by atoms with E-state index in [9.17, 15) is 0 Å². The SMILES string of the molecule is CC(C)=C(c1ccc(Cl)cc1)c1ccccc1Cl. The van der Waals surface area contributed by atoms with Gasteiger partial charge in [-0.1, -0.05) is 59.1 Å². The highest BCUT2D eigenvalue weighted by atomic mass is 35.5. The van der Waals surface area contributed by atoms with Crippen molar-refractivity contribution < 1.29 is 0 Å². The molecule has 0 aliphatic carbocycles. The third-order valence-electron chi connectivity index (χ3n) is 2.78.